The molecule has 0 fully saturated rings. The van der Waals surface area contributed by atoms with Gasteiger partial charge in [-0.2, -0.15) is 12.6 Å². The normalized spacial score (nSPS) is 14.3. The van der Waals surface area contributed by atoms with Gasteiger partial charge in [0.1, 0.15) is 18.1 Å². The first-order valence-electron chi connectivity index (χ1n) is 12.8. The summed E-state index contributed by atoms with van der Waals surface area (Å²) in [5.41, 5.74) is 9.50. The summed E-state index contributed by atoms with van der Waals surface area (Å²) < 4.78 is 0. The van der Waals surface area contributed by atoms with Crippen LogP contribution in [0.15, 0.2) is 60.9 Å². The summed E-state index contributed by atoms with van der Waals surface area (Å²) in [7, 11) is 0. The summed E-state index contributed by atoms with van der Waals surface area (Å²) in [6.07, 6.45) is 3.81. The summed E-state index contributed by atoms with van der Waals surface area (Å²) in [6.45, 7) is 1.47. The molecule has 2 aromatic carbocycles. The van der Waals surface area contributed by atoms with Crippen LogP contribution >= 0.6 is 12.6 Å². The van der Waals surface area contributed by atoms with Crippen LogP contribution in [-0.2, 0) is 32.0 Å². The number of carboxylic acids is 1. The number of H-pyrrole nitrogens is 2. The molecule has 4 aromatic rings. The maximum absolute atomic E-state index is 12.9. The average Bonchev–Trinajstić information content (AvgIpc) is 3.55. The Morgan fingerprint density at radius 3 is 1.88 bits per heavy atom. The zero-order valence-corrected chi connectivity index (χ0v) is 22.7. The van der Waals surface area contributed by atoms with Crippen LogP contribution in [-0.4, -0.2) is 68.7 Å². The van der Waals surface area contributed by atoms with E-state index in [9.17, 15) is 24.3 Å². The van der Waals surface area contributed by atoms with Crippen LogP contribution in [0.4, 0.5) is 0 Å². The first-order valence-corrected chi connectivity index (χ1v) is 13.4. The van der Waals surface area contributed by atoms with Crippen molar-refractivity contribution in [1.29, 1.82) is 0 Å². The molecule has 0 bridgehead atoms. The monoisotopic (exact) mass is 564 g/mol. The minimum absolute atomic E-state index is 0.0408. The molecule has 2 aromatic heterocycles. The Hall–Kier alpha value is -4.29. The fraction of sp³-hybridized carbons (Fsp3) is 0.286. The Morgan fingerprint density at radius 2 is 1.32 bits per heavy atom. The smallest absolute Gasteiger partial charge is 0.326 e. The summed E-state index contributed by atoms with van der Waals surface area (Å²) in [5.74, 6) is -3.16. The number of hydrogen-bond donors (Lipinski definition) is 8. The number of rotatable bonds is 12. The maximum Gasteiger partial charge on any atom is 0.326 e. The van der Waals surface area contributed by atoms with Crippen LogP contribution in [0.1, 0.15) is 18.1 Å². The number of nitrogens with two attached hydrogens (primary N) is 1. The van der Waals surface area contributed by atoms with Crippen LogP contribution in [0.5, 0.6) is 0 Å². The van der Waals surface area contributed by atoms with Crippen molar-refractivity contribution in [2.45, 2.75) is 43.9 Å². The van der Waals surface area contributed by atoms with Gasteiger partial charge in [0.05, 0.1) is 6.04 Å². The molecule has 4 atom stereocenters. The number of carboxylic acid groups (broad SMARTS) is 1. The zero-order chi connectivity index (χ0) is 28.8. The third kappa shape index (κ3) is 6.64. The zero-order valence-electron chi connectivity index (χ0n) is 21.8. The van der Waals surface area contributed by atoms with E-state index >= 15 is 0 Å². The fourth-order valence-corrected chi connectivity index (χ4v) is 4.76. The van der Waals surface area contributed by atoms with Gasteiger partial charge < -0.3 is 36.8 Å². The van der Waals surface area contributed by atoms with Gasteiger partial charge in [-0.3, -0.25) is 14.4 Å². The molecule has 0 saturated heterocycles. The Bertz CT molecular complexity index is 1530. The number of thiol groups is 1. The molecule has 4 unspecified atom stereocenters. The van der Waals surface area contributed by atoms with Gasteiger partial charge in [-0.15, -0.1) is 0 Å². The van der Waals surface area contributed by atoms with E-state index in [-0.39, 0.29) is 18.6 Å². The molecule has 8 N–H and O–H groups in total. The third-order valence-electron chi connectivity index (χ3n) is 6.73. The molecule has 0 aliphatic rings. The van der Waals surface area contributed by atoms with Gasteiger partial charge in [0.2, 0.25) is 17.7 Å². The van der Waals surface area contributed by atoms with Crippen LogP contribution < -0.4 is 21.7 Å². The number of aromatic amines is 2. The van der Waals surface area contributed by atoms with Crippen LogP contribution in [0.25, 0.3) is 21.8 Å². The van der Waals surface area contributed by atoms with Crippen LogP contribution in [0, 0.1) is 0 Å². The number of nitrogens with one attached hydrogen (secondary N) is 5. The molecule has 0 spiro atoms. The molecule has 4 rings (SSSR count). The van der Waals surface area contributed by atoms with E-state index in [0.29, 0.717) is 0 Å². The largest absolute Gasteiger partial charge is 0.480 e. The maximum atomic E-state index is 12.9. The molecule has 11 nitrogen and oxygen atoms in total. The van der Waals surface area contributed by atoms with E-state index in [0.717, 1.165) is 32.9 Å². The molecule has 12 heteroatoms. The van der Waals surface area contributed by atoms with E-state index < -0.39 is 47.9 Å². The van der Waals surface area contributed by atoms with E-state index in [1.165, 1.54) is 6.92 Å². The summed E-state index contributed by atoms with van der Waals surface area (Å²) >= 11 is 4.15. The van der Waals surface area contributed by atoms with Gasteiger partial charge in [0.25, 0.3) is 0 Å². The van der Waals surface area contributed by atoms with Gasteiger partial charge in [0, 0.05) is 46.4 Å². The highest BCUT2D eigenvalue weighted by molar-refractivity contribution is 7.80. The molecule has 2 heterocycles. The number of amides is 3. The number of para-hydroxylation sites is 2. The quantitative estimate of drug-likeness (QED) is 0.120. The van der Waals surface area contributed by atoms with Crippen molar-refractivity contribution in [3.63, 3.8) is 0 Å². The van der Waals surface area contributed by atoms with E-state index in [1.54, 1.807) is 12.4 Å². The van der Waals surface area contributed by atoms with Gasteiger partial charge in [0.15, 0.2) is 0 Å². The lowest BCUT2D eigenvalue weighted by atomic mass is 10.0. The minimum Gasteiger partial charge on any atom is -0.480 e. The van der Waals surface area contributed by atoms with Crippen molar-refractivity contribution in [1.82, 2.24) is 25.9 Å². The standard InChI is InChI=1S/C28H32N6O5S/c1-15(32-26(36)20(29)10-16-12-30-21-8-4-2-6-18(16)21)25(35)34-24(14-40)27(37)33-23(28(38)39)11-17-13-31-22-9-5-3-7-19(17)22/h2-9,12-13,15,20,23-24,30-31,40H,10-11,14,29H2,1H3,(H,32,36)(H,33,37)(H,34,35)(H,38,39). The number of benzene rings is 2. The predicted molar refractivity (Wildman–Crippen MR) is 155 cm³/mol. The van der Waals surface area contributed by atoms with Crippen molar-refractivity contribution in [3.8, 4) is 0 Å². The summed E-state index contributed by atoms with van der Waals surface area (Å²) in [5, 5.41) is 19.1. The highest BCUT2D eigenvalue weighted by atomic mass is 32.1. The van der Waals surface area contributed by atoms with E-state index in [1.807, 2.05) is 48.5 Å². The number of aliphatic carboxylic acids is 1. The number of aromatic nitrogens is 2. The predicted octanol–water partition coefficient (Wildman–Crippen LogP) is 1.25. The van der Waals surface area contributed by atoms with Crippen molar-refractivity contribution >= 4 is 58.1 Å². The fourth-order valence-electron chi connectivity index (χ4n) is 4.50. The van der Waals surface area contributed by atoms with Crippen LogP contribution in [0.3, 0.4) is 0 Å². The lowest BCUT2D eigenvalue weighted by Crippen LogP contribution is -2.57. The highest BCUT2D eigenvalue weighted by Gasteiger charge is 2.29. The molecule has 0 radical (unpaired) electrons. The number of hydrogen-bond acceptors (Lipinski definition) is 6. The van der Waals surface area contributed by atoms with Gasteiger partial charge >= 0.3 is 5.97 Å². The number of carbonyl (C=O) groups is 4. The van der Waals surface area contributed by atoms with Crippen LogP contribution in [0.2, 0.25) is 0 Å². The first kappa shape index (κ1) is 28.7. The van der Waals surface area contributed by atoms with Crippen molar-refractivity contribution < 1.29 is 24.3 Å². The second kappa shape index (κ2) is 12.7. The Morgan fingerprint density at radius 1 is 0.800 bits per heavy atom. The van der Waals surface area contributed by atoms with Crippen molar-refractivity contribution in [2.24, 2.45) is 5.73 Å². The second-order valence-corrected chi connectivity index (χ2v) is 9.97. The molecule has 0 saturated carbocycles. The van der Waals surface area contributed by atoms with Gasteiger partial charge in [-0.25, -0.2) is 4.79 Å². The summed E-state index contributed by atoms with van der Waals surface area (Å²) in [4.78, 5) is 56.5. The topological polar surface area (TPSA) is 182 Å². The van der Waals surface area contributed by atoms with E-state index in [2.05, 4.69) is 38.5 Å². The second-order valence-electron chi connectivity index (χ2n) is 9.61. The molecular formula is C28H32N6O5S. The number of fused-ring (bicyclic) bond motifs is 2. The Balaban J connectivity index is 1.32. The first-order chi connectivity index (χ1) is 19.2. The minimum atomic E-state index is -1.23. The Kier molecular flexibility index (Phi) is 9.12. The third-order valence-corrected chi connectivity index (χ3v) is 7.10. The molecule has 210 valence electrons. The molecule has 40 heavy (non-hydrogen) atoms. The highest BCUT2D eigenvalue weighted by Crippen LogP contribution is 2.20. The van der Waals surface area contributed by atoms with Crippen molar-refractivity contribution in [3.05, 3.63) is 72.1 Å². The number of carbonyl (C=O) groups excluding carboxylic acids is 3. The van der Waals surface area contributed by atoms with Gasteiger partial charge in [-0.05, 0) is 36.6 Å². The molecule has 0 aliphatic heterocycles. The van der Waals surface area contributed by atoms with E-state index in [4.69, 9.17) is 5.73 Å². The lowest BCUT2D eigenvalue weighted by molar-refractivity contribution is -0.142. The SMILES string of the molecule is CC(NC(=O)C(N)Cc1c[nH]c2ccccc12)C(=O)NC(CS)C(=O)NC(Cc1c[nH]c2ccccc12)C(=O)O. The average molecular weight is 565 g/mol. The molecule has 3 amide bonds. The van der Waals surface area contributed by atoms with Gasteiger partial charge in [-0.1, -0.05) is 36.4 Å². The van der Waals surface area contributed by atoms with Crippen molar-refractivity contribution in [2.75, 3.05) is 5.75 Å². The summed E-state index contributed by atoms with van der Waals surface area (Å²) in [6, 6.07) is 10.8. The lowest BCUT2D eigenvalue weighted by Gasteiger charge is -2.22. The Labute approximate surface area is 235 Å². The molecule has 0 aliphatic carbocycles. The molecular weight excluding hydrogens is 532 g/mol.